The van der Waals surface area contributed by atoms with Crippen LogP contribution in [0, 0.1) is 0 Å². The molecule has 100 valence electrons. The SMILES string of the molecule is CC(C)(C)c1nc(N)nc(CC2CCCCO2)n1. The van der Waals surface area contributed by atoms with E-state index in [1.807, 2.05) is 0 Å². The van der Waals surface area contributed by atoms with Gasteiger partial charge in [-0.2, -0.15) is 9.97 Å². The van der Waals surface area contributed by atoms with Crippen LogP contribution in [0.3, 0.4) is 0 Å². The number of ether oxygens (including phenoxy) is 1. The van der Waals surface area contributed by atoms with Crippen LogP contribution in [0.2, 0.25) is 0 Å². The molecule has 0 aromatic carbocycles. The molecular weight excluding hydrogens is 228 g/mol. The molecule has 1 aliphatic heterocycles. The normalized spacial score (nSPS) is 20.9. The molecule has 1 aromatic heterocycles. The maximum absolute atomic E-state index is 5.76. The van der Waals surface area contributed by atoms with Gasteiger partial charge >= 0.3 is 0 Å². The zero-order valence-electron chi connectivity index (χ0n) is 11.4. The summed E-state index contributed by atoms with van der Waals surface area (Å²) in [7, 11) is 0. The Kier molecular flexibility index (Phi) is 3.80. The zero-order chi connectivity index (χ0) is 13.2. The molecule has 18 heavy (non-hydrogen) atoms. The summed E-state index contributed by atoms with van der Waals surface area (Å²) >= 11 is 0. The van der Waals surface area contributed by atoms with Crippen LogP contribution in [0.1, 0.15) is 51.7 Å². The summed E-state index contributed by atoms with van der Waals surface area (Å²) in [6, 6.07) is 0. The Balaban J connectivity index is 2.14. The lowest BCUT2D eigenvalue weighted by atomic mass is 9.96. The minimum atomic E-state index is -0.112. The number of anilines is 1. The number of rotatable bonds is 2. The van der Waals surface area contributed by atoms with Gasteiger partial charge in [0.15, 0.2) is 0 Å². The summed E-state index contributed by atoms with van der Waals surface area (Å²) in [4.78, 5) is 12.9. The van der Waals surface area contributed by atoms with E-state index in [0.717, 1.165) is 37.5 Å². The third kappa shape index (κ3) is 3.38. The number of nitrogen functional groups attached to an aromatic ring is 1. The van der Waals surface area contributed by atoms with Crippen molar-refractivity contribution in [2.24, 2.45) is 0 Å². The highest BCUT2D eigenvalue weighted by Crippen LogP contribution is 2.20. The summed E-state index contributed by atoms with van der Waals surface area (Å²) in [5.41, 5.74) is 5.65. The van der Waals surface area contributed by atoms with Crippen LogP contribution in [0.25, 0.3) is 0 Å². The Hall–Kier alpha value is -1.23. The predicted molar refractivity (Wildman–Crippen MR) is 70.2 cm³/mol. The lowest BCUT2D eigenvalue weighted by Crippen LogP contribution is -2.25. The second-order valence-corrected chi connectivity index (χ2v) is 5.88. The highest BCUT2D eigenvalue weighted by Gasteiger charge is 2.21. The van der Waals surface area contributed by atoms with Crippen molar-refractivity contribution < 1.29 is 4.74 Å². The van der Waals surface area contributed by atoms with Gasteiger partial charge in [-0.1, -0.05) is 20.8 Å². The third-order valence-corrected chi connectivity index (χ3v) is 3.05. The van der Waals surface area contributed by atoms with Crippen LogP contribution in [0.5, 0.6) is 0 Å². The molecule has 2 rings (SSSR count). The molecule has 0 spiro atoms. The number of hydrogen-bond acceptors (Lipinski definition) is 5. The quantitative estimate of drug-likeness (QED) is 0.867. The van der Waals surface area contributed by atoms with Crippen molar-refractivity contribution in [2.75, 3.05) is 12.3 Å². The Labute approximate surface area is 108 Å². The van der Waals surface area contributed by atoms with Gasteiger partial charge in [-0.15, -0.1) is 0 Å². The maximum atomic E-state index is 5.76. The number of nitrogens with zero attached hydrogens (tertiary/aromatic N) is 3. The Morgan fingerprint density at radius 1 is 1.22 bits per heavy atom. The smallest absolute Gasteiger partial charge is 0.223 e. The second-order valence-electron chi connectivity index (χ2n) is 5.88. The minimum absolute atomic E-state index is 0.112. The first-order valence-electron chi connectivity index (χ1n) is 6.57. The third-order valence-electron chi connectivity index (χ3n) is 3.05. The van der Waals surface area contributed by atoms with Gasteiger partial charge < -0.3 is 10.5 Å². The van der Waals surface area contributed by atoms with Gasteiger partial charge in [-0.25, -0.2) is 4.98 Å². The van der Waals surface area contributed by atoms with Gasteiger partial charge in [0.2, 0.25) is 5.95 Å². The van der Waals surface area contributed by atoms with Crippen molar-refractivity contribution in [3.63, 3.8) is 0 Å². The predicted octanol–water partition coefficient (Wildman–Crippen LogP) is 1.86. The summed E-state index contributed by atoms with van der Waals surface area (Å²) in [5.74, 6) is 1.81. The molecule has 1 unspecified atom stereocenters. The molecule has 1 aliphatic rings. The zero-order valence-corrected chi connectivity index (χ0v) is 11.4. The standard InChI is InChI=1S/C13H22N4O/c1-13(2,3)11-15-10(16-12(14)17-11)8-9-6-4-5-7-18-9/h9H,4-8H2,1-3H3,(H2,14,15,16,17). The monoisotopic (exact) mass is 250 g/mol. The molecule has 2 heterocycles. The first-order chi connectivity index (χ1) is 8.45. The van der Waals surface area contributed by atoms with Gasteiger partial charge in [-0.3, -0.25) is 0 Å². The van der Waals surface area contributed by atoms with Gasteiger partial charge in [0, 0.05) is 18.4 Å². The molecule has 5 heteroatoms. The van der Waals surface area contributed by atoms with Crippen molar-refractivity contribution in [2.45, 2.75) is 58.0 Å². The molecule has 1 fully saturated rings. The Morgan fingerprint density at radius 2 is 2.00 bits per heavy atom. The van der Waals surface area contributed by atoms with E-state index >= 15 is 0 Å². The molecule has 5 nitrogen and oxygen atoms in total. The van der Waals surface area contributed by atoms with E-state index in [1.54, 1.807) is 0 Å². The van der Waals surface area contributed by atoms with Crippen molar-refractivity contribution in [1.82, 2.24) is 15.0 Å². The van der Waals surface area contributed by atoms with E-state index in [0.29, 0.717) is 5.95 Å². The molecule has 0 amide bonds. The second kappa shape index (κ2) is 5.18. The lowest BCUT2D eigenvalue weighted by molar-refractivity contribution is 0.0156. The van der Waals surface area contributed by atoms with E-state index in [2.05, 4.69) is 35.7 Å². The van der Waals surface area contributed by atoms with Gasteiger partial charge in [0.05, 0.1) is 6.10 Å². The van der Waals surface area contributed by atoms with E-state index in [1.165, 1.54) is 6.42 Å². The topological polar surface area (TPSA) is 73.9 Å². The van der Waals surface area contributed by atoms with Crippen LogP contribution in [0.15, 0.2) is 0 Å². The Bertz CT molecular complexity index is 408. The molecule has 1 atom stereocenters. The first-order valence-corrected chi connectivity index (χ1v) is 6.57. The van der Waals surface area contributed by atoms with Crippen LogP contribution in [-0.2, 0) is 16.6 Å². The fourth-order valence-corrected chi connectivity index (χ4v) is 2.04. The highest BCUT2D eigenvalue weighted by molar-refractivity contribution is 5.19. The van der Waals surface area contributed by atoms with E-state index in [9.17, 15) is 0 Å². The molecule has 0 saturated carbocycles. The fourth-order valence-electron chi connectivity index (χ4n) is 2.04. The molecule has 1 saturated heterocycles. The van der Waals surface area contributed by atoms with Crippen LogP contribution < -0.4 is 5.73 Å². The van der Waals surface area contributed by atoms with Gasteiger partial charge in [0.25, 0.3) is 0 Å². The summed E-state index contributed by atoms with van der Waals surface area (Å²) in [5, 5.41) is 0. The van der Waals surface area contributed by atoms with Crippen molar-refractivity contribution >= 4 is 5.95 Å². The van der Waals surface area contributed by atoms with E-state index in [-0.39, 0.29) is 11.5 Å². The summed E-state index contributed by atoms with van der Waals surface area (Å²) < 4.78 is 5.71. The lowest BCUT2D eigenvalue weighted by Gasteiger charge is -2.23. The van der Waals surface area contributed by atoms with Crippen molar-refractivity contribution in [3.05, 3.63) is 11.6 Å². The molecule has 0 radical (unpaired) electrons. The number of aromatic nitrogens is 3. The molecule has 0 bridgehead atoms. The van der Waals surface area contributed by atoms with Gasteiger partial charge in [0.1, 0.15) is 11.6 Å². The van der Waals surface area contributed by atoms with Crippen molar-refractivity contribution in [3.8, 4) is 0 Å². The van der Waals surface area contributed by atoms with E-state index < -0.39 is 0 Å². The summed E-state index contributed by atoms with van der Waals surface area (Å²) in [6.07, 6.45) is 4.42. The Morgan fingerprint density at radius 3 is 2.61 bits per heavy atom. The van der Waals surface area contributed by atoms with Crippen LogP contribution in [0.4, 0.5) is 5.95 Å². The average molecular weight is 250 g/mol. The highest BCUT2D eigenvalue weighted by atomic mass is 16.5. The van der Waals surface area contributed by atoms with E-state index in [4.69, 9.17) is 10.5 Å². The largest absolute Gasteiger partial charge is 0.378 e. The molecule has 1 aromatic rings. The van der Waals surface area contributed by atoms with Crippen LogP contribution >= 0.6 is 0 Å². The number of nitrogens with two attached hydrogens (primary N) is 1. The van der Waals surface area contributed by atoms with Crippen LogP contribution in [-0.4, -0.2) is 27.7 Å². The minimum Gasteiger partial charge on any atom is -0.378 e. The molecular formula is C13H22N4O. The van der Waals surface area contributed by atoms with Gasteiger partial charge in [-0.05, 0) is 19.3 Å². The maximum Gasteiger partial charge on any atom is 0.223 e. The first kappa shape index (κ1) is 13.2. The average Bonchev–Trinajstić information content (AvgIpc) is 2.28. The van der Waals surface area contributed by atoms with Crippen molar-refractivity contribution in [1.29, 1.82) is 0 Å². The molecule has 2 N–H and O–H groups in total. The number of hydrogen-bond donors (Lipinski definition) is 1. The fraction of sp³-hybridized carbons (Fsp3) is 0.769. The summed E-state index contributed by atoms with van der Waals surface area (Å²) in [6.45, 7) is 7.06. The molecule has 0 aliphatic carbocycles.